The van der Waals surface area contributed by atoms with Crippen molar-refractivity contribution in [3.05, 3.63) is 23.0 Å². The van der Waals surface area contributed by atoms with Crippen molar-refractivity contribution in [2.75, 3.05) is 7.11 Å². The number of hydrogen-bond donors (Lipinski definition) is 1. The van der Waals surface area contributed by atoms with Crippen LogP contribution in [0.2, 0.25) is 5.02 Å². The van der Waals surface area contributed by atoms with Crippen LogP contribution in [0.5, 0.6) is 11.5 Å². The molecule has 11 heavy (non-hydrogen) atoms. The van der Waals surface area contributed by atoms with E-state index in [2.05, 4.69) is 4.74 Å². The third kappa shape index (κ3) is 1.38. The molecular weight excluding hydrogens is 171 g/mol. The highest BCUT2D eigenvalue weighted by molar-refractivity contribution is 6.32. The molecule has 0 bridgehead atoms. The second-order valence-electron chi connectivity index (χ2n) is 1.91. The van der Waals surface area contributed by atoms with E-state index in [1.807, 2.05) is 0 Å². The predicted octanol–water partition coefficient (Wildman–Crippen LogP) is 2.19. The van der Waals surface area contributed by atoms with Crippen molar-refractivity contribution in [1.29, 1.82) is 0 Å². The second-order valence-corrected chi connectivity index (χ2v) is 2.32. The maximum absolute atomic E-state index is 12.8. The molecule has 0 amide bonds. The summed E-state index contributed by atoms with van der Waals surface area (Å²) < 4.78 is 17.4. The zero-order valence-electron chi connectivity index (χ0n) is 5.77. The molecule has 1 rings (SSSR count). The topological polar surface area (TPSA) is 29.5 Å². The predicted molar refractivity (Wildman–Crippen MR) is 39.6 cm³/mol. The summed E-state index contributed by atoms with van der Waals surface area (Å²) in [6, 6.07) is 2.70. The van der Waals surface area contributed by atoms with E-state index in [1.165, 1.54) is 19.2 Å². The summed E-state index contributed by atoms with van der Waals surface area (Å²) in [5.74, 6) is -1.43. The number of halogens is 2. The van der Waals surface area contributed by atoms with Gasteiger partial charge >= 0.3 is 0 Å². The molecule has 0 saturated carbocycles. The summed E-state index contributed by atoms with van der Waals surface area (Å²) >= 11 is 5.40. The van der Waals surface area contributed by atoms with Crippen molar-refractivity contribution in [1.82, 2.24) is 0 Å². The summed E-state index contributed by atoms with van der Waals surface area (Å²) in [6.07, 6.45) is 0. The van der Waals surface area contributed by atoms with Crippen molar-refractivity contribution < 1.29 is 14.2 Å². The van der Waals surface area contributed by atoms with E-state index in [-0.39, 0.29) is 10.8 Å². The van der Waals surface area contributed by atoms with Gasteiger partial charge in [-0.1, -0.05) is 11.6 Å². The van der Waals surface area contributed by atoms with Crippen LogP contribution in [0.4, 0.5) is 4.39 Å². The normalized spacial score (nSPS) is 9.73. The summed E-state index contributed by atoms with van der Waals surface area (Å²) in [7, 11) is 1.31. The Bertz CT molecular complexity index is 275. The molecular formula is C7H6ClFO2. The van der Waals surface area contributed by atoms with E-state index >= 15 is 0 Å². The number of methoxy groups -OCH3 is 1. The van der Waals surface area contributed by atoms with Crippen LogP contribution in [0, 0.1) is 5.82 Å². The van der Waals surface area contributed by atoms with Crippen LogP contribution in [0.15, 0.2) is 12.1 Å². The Labute approximate surface area is 68.2 Å². The van der Waals surface area contributed by atoms with Crippen LogP contribution in [-0.4, -0.2) is 12.2 Å². The fourth-order valence-electron chi connectivity index (χ4n) is 0.680. The van der Waals surface area contributed by atoms with Crippen LogP contribution < -0.4 is 4.74 Å². The third-order valence-electron chi connectivity index (χ3n) is 1.25. The summed E-state index contributed by atoms with van der Waals surface area (Å²) in [5.41, 5.74) is 0. The standard InChI is InChI=1S/C7H6ClFO2/c1-11-5-3-2-4(8)7(10)6(5)9/h2-3,10H,1H3. The maximum atomic E-state index is 12.8. The molecule has 0 atom stereocenters. The molecule has 0 unspecified atom stereocenters. The monoisotopic (exact) mass is 176 g/mol. The van der Waals surface area contributed by atoms with E-state index < -0.39 is 11.6 Å². The lowest BCUT2D eigenvalue weighted by Crippen LogP contribution is -1.87. The lowest BCUT2D eigenvalue weighted by Gasteiger charge is -2.03. The minimum absolute atomic E-state index is 0.0214. The molecule has 0 aliphatic carbocycles. The van der Waals surface area contributed by atoms with Crippen LogP contribution in [-0.2, 0) is 0 Å². The second kappa shape index (κ2) is 2.96. The zero-order chi connectivity index (χ0) is 8.43. The van der Waals surface area contributed by atoms with Crippen LogP contribution in [0.3, 0.4) is 0 Å². The van der Waals surface area contributed by atoms with Gasteiger partial charge in [0, 0.05) is 0 Å². The van der Waals surface area contributed by atoms with Gasteiger partial charge in [-0.2, -0.15) is 4.39 Å². The first kappa shape index (κ1) is 8.14. The average Bonchev–Trinajstić information content (AvgIpc) is 2.01. The van der Waals surface area contributed by atoms with Gasteiger partial charge in [-0.15, -0.1) is 0 Å². The van der Waals surface area contributed by atoms with Crippen LogP contribution >= 0.6 is 11.6 Å². The number of rotatable bonds is 1. The number of phenols is 1. The van der Waals surface area contributed by atoms with Crippen LogP contribution in [0.25, 0.3) is 0 Å². The molecule has 0 heterocycles. The Morgan fingerprint density at radius 3 is 2.73 bits per heavy atom. The number of phenolic OH excluding ortho intramolecular Hbond substituents is 1. The van der Waals surface area contributed by atoms with Gasteiger partial charge in [-0.05, 0) is 12.1 Å². The van der Waals surface area contributed by atoms with Gasteiger partial charge in [-0.25, -0.2) is 0 Å². The van der Waals surface area contributed by atoms with Gasteiger partial charge in [0.1, 0.15) is 0 Å². The number of aromatic hydroxyl groups is 1. The molecule has 0 radical (unpaired) electrons. The fraction of sp³-hybridized carbons (Fsp3) is 0.143. The molecule has 60 valence electrons. The fourth-order valence-corrected chi connectivity index (χ4v) is 0.826. The van der Waals surface area contributed by atoms with Crippen molar-refractivity contribution in [2.24, 2.45) is 0 Å². The summed E-state index contributed by atoms with van der Waals surface area (Å²) in [5, 5.41) is 8.91. The highest BCUT2D eigenvalue weighted by Crippen LogP contribution is 2.32. The van der Waals surface area contributed by atoms with Crippen molar-refractivity contribution in [3.63, 3.8) is 0 Å². The molecule has 0 aliphatic rings. The first-order valence-corrected chi connectivity index (χ1v) is 3.25. The Balaban J connectivity index is 3.25. The van der Waals surface area contributed by atoms with E-state index in [4.69, 9.17) is 16.7 Å². The minimum Gasteiger partial charge on any atom is -0.504 e. The van der Waals surface area contributed by atoms with E-state index in [0.717, 1.165) is 0 Å². The quantitative estimate of drug-likeness (QED) is 0.711. The third-order valence-corrected chi connectivity index (χ3v) is 1.56. The van der Waals surface area contributed by atoms with Gasteiger partial charge in [0.2, 0.25) is 5.82 Å². The van der Waals surface area contributed by atoms with Crippen LogP contribution in [0.1, 0.15) is 0 Å². The van der Waals surface area contributed by atoms with Crippen molar-refractivity contribution >= 4 is 11.6 Å². The maximum Gasteiger partial charge on any atom is 0.208 e. The van der Waals surface area contributed by atoms with E-state index in [0.29, 0.717) is 0 Å². The van der Waals surface area contributed by atoms with Gasteiger partial charge in [0.15, 0.2) is 11.5 Å². The molecule has 0 spiro atoms. The minimum atomic E-state index is -0.833. The van der Waals surface area contributed by atoms with Gasteiger partial charge in [0.05, 0.1) is 12.1 Å². The molecule has 1 N–H and O–H groups in total. The molecule has 4 heteroatoms. The first-order chi connectivity index (χ1) is 5.16. The smallest absolute Gasteiger partial charge is 0.208 e. The number of hydrogen-bond acceptors (Lipinski definition) is 2. The summed E-state index contributed by atoms with van der Waals surface area (Å²) in [6.45, 7) is 0. The molecule has 0 aliphatic heterocycles. The van der Waals surface area contributed by atoms with E-state index in [1.54, 1.807) is 0 Å². The van der Waals surface area contributed by atoms with Crippen molar-refractivity contribution in [3.8, 4) is 11.5 Å². The molecule has 1 aromatic carbocycles. The highest BCUT2D eigenvalue weighted by Gasteiger charge is 2.10. The van der Waals surface area contributed by atoms with Gasteiger partial charge < -0.3 is 9.84 Å². The molecule has 0 saturated heterocycles. The first-order valence-electron chi connectivity index (χ1n) is 2.87. The molecule has 2 nitrogen and oxygen atoms in total. The van der Waals surface area contributed by atoms with E-state index in [9.17, 15) is 4.39 Å². The lowest BCUT2D eigenvalue weighted by atomic mass is 10.3. The summed E-state index contributed by atoms with van der Waals surface area (Å²) in [4.78, 5) is 0. The van der Waals surface area contributed by atoms with Gasteiger partial charge in [-0.3, -0.25) is 0 Å². The average molecular weight is 177 g/mol. The number of benzene rings is 1. The highest BCUT2D eigenvalue weighted by atomic mass is 35.5. The lowest BCUT2D eigenvalue weighted by molar-refractivity contribution is 0.364. The SMILES string of the molecule is COc1ccc(Cl)c(O)c1F. The Morgan fingerprint density at radius 1 is 1.55 bits per heavy atom. The Hall–Kier alpha value is -0.960. The molecule has 0 fully saturated rings. The number of ether oxygens (including phenoxy) is 1. The zero-order valence-corrected chi connectivity index (χ0v) is 6.52. The van der Waals surface area contributed by atoms with Crippen molar-refractivity contribution in [2.45, 2.75) is 0 Å². The largest absolute Gasteiger partial charge is 0.504 e. The Kier molecular flexibility index (Phi) is 2.19. The van der Waals surface area contributed by atoms with Gasteiger partial charge in [0.25, 0.3) is 0 Å². The molecule has 1 aromatic rings. The Morgan fingerprint density at radius 2 is 2.18 bits per heavy atom. The molecule has 0 aromatic heterocycles.